The van der Waals surface area contributed by atoms with Gasteiger partial charge in [-0.1, -0.05) is 30.3 Å². The van der Waals surface area contributed by atoms with E-state index in [1.54, 1.807) is 37.3 Å². The van der Waals surface area contributed by atoms with Crippen molar-refractivity contribution >= 4 is 11.7 Å². The van der Waals surface area contributed by atoms with Gasteiger partial charge in [-0.05, 0) is 13.0 Å². The fourth-order valence-corrected chi connectivity index (χ4v) is 2.22. The number of carbonyl (C=O) groups excluding carboxylic acids is 1. The molecule has 2 rings (SSSR count). The number of esters is 1. The van der Waals surface area contributed by atoms with E-state index in [4.69, 9.17) is 4.74 Å². The number of aromatic nitrogens is 1. The maximum atomic E-state index is 11.6. The summed E-state index contributed by atoms with van der Waals surface area (Å²) in [6, 6.07) is 13.4. The first-order chi connectivity index (χ1) is 11.6. The number of ether oxygens (including phenoxy) is 1. The van der Waals surface area contributed by atoms with Crippen molar-refractivity contribution in [1.29, 1.82) is 5.26 Å². The van der Waals surface area contributed by atoms with Crippen LogP contribution in [0.5, 0.6) is 0 Å². The van der Waals surface area contributed by atoms with Crippen LogP contribution in [0.4, 0.5) is 5.69 Å². The van der Waals surface area contributed by atoms with E-state index in [9.17, 15) is 20.2 Å². The van der Waals surface area contributed by atoms with Crippen LogP contribution in [-0.2, 0) is 9.53 Å². The fraction of sp³-hybridized carbons (Fsp3) is 0.235. The number of rotatable bonds is 6. The molecule has 0 N–H and O–H groups in total. The first-order valence-electron chi connectivity index (χ1n) is 7.32. The smallest absolute Gasteiger partial charge is 0.307 e. The molecule has 122 valence electrons. The molecule has 1 aromatic carbocycles. The lowest BCUT2D eigenvalue weighted by Crippen LogP contribution is -2.11. The molecule has 0 spiro atoms. The first-order valence-corrected chi connectivity index (χ1v) is 7.32. The summed E-state index contributed by atoms with van der Waals surface area (Å²) in [6.07, 6.45) is -0.149. The molecule has 7 heteroatoms. The molecule has 0 saturated heterocycles. The number of hydrogen-bond donors (Lipinski definition) is 0. The maximum absolute atomic E-state index is 11.6. The molecular weight excluding hydrogens is 310 g/mol. The number of pyridine rings is 1. The molecule has 1 aromatic heterocycles. The molecule has 24 heavy (non-hydrogen) atoms. The van der Waals surface area contributed by atoms with Gasteiger partial charge in [0.15, 0.2) is 0 Å². The normalized spacial score (nSPS) is 11.3. The van der Waals surface area contributed by atoms with Crippen LogP contribution in [0.25, 0.3) is 11.3 Å². The average Bonchev–Trinajstić information content (AvgIpc) is 2.60. The van der Waals surface area contributed by atoms with Gasteiger partial charge in [-0.2, -0.15) is 5.26 Å². The molecule has 1 heterocycles. The summed E-state index contributed by atoms with van der Waals surface area (Å²) in [6.45, 7) is 1.90. The number of benzene rings is 1. The zero-order valence-electron chi connectivity index (χ0n) is 13.0. The lowest BCUT2D eigenvalue weighted by molar-refractivity contribution is -0.384. The third-order valence-corrected chi connectivity index (χ3v) is 3.33. The van der Waals surface area contributed by atoms with Crippen molar-refractivity contribution in [3.8, 4) is 17.3 Å². The second kappa shape index (κ2) is 7.83. The largest absolute Gasteiger partial charge is 0.466 e. The molecule has 0 aliphatic heterocycles. The van der Waals surface area contributed by atoms with Gasteiger partial charge in [0.25, 0.3) is 5.69 Å². The van der Waals surface area contributed by atoms with E-state index < -0.39 is 16.8 Å². The van der Waals surface area contributed by atoms with Gasteiger partial charge in [0.1, 0.15) is 5.69 Å². The molecule has 0 radical (unpaired) electrons. The van der Waals surface area contributed by atoms with Crippen LogP contribution in [0, 0.1) is 21.4 Å². The third-order valence-electron chi connectivity index (χ3n) is 3.33. The fourth-order valence-electron chi connectivity index (χ4n) is 2.22. The Labute approximate surface area is 138 Å². The molecule has 1 unspecified atom stereocenters. The summed E-state index contributed by atoms with van der Waals surface area (Å²) >= 11 is 0. The van der Waals surface area contributed by atoms with E-state index in [0.29, 0.717) is 11.3 Å². The monoisotopic (exact) mass is 325 g/mol. The second-order valence-corrected chi connectivity index (χ2v) is 4.92. The minimum Gasteiger partial charge on any atom is -0.466 e. The summed E-state index contributed by atoms with van der Waals surface area (Å²) in [4.78, 5) is 26.6. The average molecular weight is 325 g/mol. The van der Waals surface area contributed by atoms with Crippen LogP contribution >= 0.6 is 0 Å². The zero-order chi connectivity index (χ0) is 17.5. The number of hydrogen-bond acceptors (Lipinski definition) is 6. The van der Waals surface area contributed by atoms with Crippen molar-refractivity contribution in [2.24, 2.45) is 0 Å². The van der Waals surface area contributed by atoms with Gasteiger partial charge in [0, 0.05) is 11.6 Å². The Hall–Kier alpha value is -3.27. The van der Waals surface area contributed by atoms with Gasteiger partial charge in [-0.3, -0.25) is 14.9 Å². The van der Waals surface area contributed by atoms with Crippen LogP contribution in [0.3, 0.4) is 0 Å². The van der Waals surface area contributed by atoms with E-state index in [2.05, 4.69) is 4.98 Å². The Morgan fingerprint density at radius 2 is 2.04 bits per heavy atom. The highest BCUT2D eigenvalue weighted by molar-refractivity contribution is 5.72. The lowest BCUT2D eigenvalue weighted by Gasteiger charge is -2.10. The summed E-state index contributed by atoms with van der Waals surface area (Å²) in [5.74, 6) is -1.34. The molecule has 0 saturated carbocycles. The molecule has 0 aliphatic carbocycles. The van der Waals surface area contributed by atoms with Crippen molar-refractivity contribution in [2.75, 3.05) is 6.61 Å². The second-order valence-electron chi connectivity index (χ2n) is 4.92. The molecule has 0 aliphatic rings. The van der Waals surface area contributed by atoms with Gasteiger partial charge in [0.05, 0.1) is 35.6 Å². The van der Waals surface area contributed by atoms with Crippen molar-refractivity contribution in [1.82, 2.24) is 4.98 Å². The minimum absolute atomic E-state index is 0.149. The number of nitriles is 1. The van der Waals surface area contributed by atoms with E-state index in [1.165, 1.54) is 12.1 Å². The Bertz CT molecular complexity index is 784. The van der Waals surface area contributed by atoms with Gasteiger partial charge in [-0.25, -0.2) is 4.98 Å². The number of carbonyl (C=O) groups is 1. The van der Waals surface area contributed by atoms with Gasteiger partial charge in [-0.15, -0.1) is 0 Å². The summed E-state index contributed by atoms with van der Waals surface area (Å²) in [5.41, 5.74) is 0.883. The Morgan fingerprint density at radius 1 is 1.33 bits per heavy atom. The van der Waals surface area contributed by atoms with E-state index in [0.717, 1.165) is 0 Å². The van der Waals surface area contributed by atoms with E-state index in [-0.39, 0.29) is 24.4 Å². The lowest BCUT2D eigenvalue weighted by atomic mass is 10.0. The summed E-state index contributed by atoms with van der Waals surface area (Å²) < 4.78 is 4.85. The molecule has 2 aromatic rings. The number of nitro groups is 1. The predicted octanol–water partition coefficient (Wildman–Crippen LogP) is 3.22. The van der Waals surface area contributed by atoms with E-state index >= 15 is 0 Å². The van der Waals surface area contributed by atoms with Crippen LogP contribution < -0.4 is 0 Å². The van der Waals surface area contributed by atoms with Crippen molar-refractivity contribution < 1.29 is 14.5 Å². The molecule has 0 bridgehead atoms. The standard InChI is InChI=1S/C17H15N3O4/c1-2-24-16(21)10-13(11-18)14-8-9-15(20(22)23)17(19-14)12-6-4-3-5-7-12/h3-9,13H,2,10H2,1H3. The molecule has 0 fully saturated rings. The van der Waals surface area contributed by atoms with Gasteiger partial charge < -0.3 is 4.74 Å². The van der Waals surface area contributed by atoms with Gasteiger partial charge in [0.2, 0.25) is 0 Å². The van der Waals surface area contributed by atoms with Gasteiger partial charge >= 0.3 is 5.97 Å². The van der Waals surface area contributed by atoms with Crippen LogP contribution in [-0.4, -0.2) is 22.5 Å². The molecule has 0 amide bonds. The molecule has 1 atom stereocenters. The highest BCUT2D eigenvalue weighted by Crippen LogP contribution is 2.30. The first kappa shape index (κ1) is 17.1. The maximum Gasteiger partial charge on any atom is 0.307 e. The van der Waals surface area contributed by atoms with E-state index in [1.807, 2.05) is 6.07 Å². The topological polar surface area (TPSA) is 106 Å². The highest BCUT2D eigenvalue weighted by atomic mass is 16.6. The van der Waals surface area contributed by atoms with Crippen LogP contribution in [0.2, 0.25) is 0 Å². The van der Waals surface area contributed by atoms with Crippen LogP contribution in [0.1, 0.15) is 25.0 Å². The predicted molar refractivity (Wildman–Crippen MR) is 85.9 cm³/mol. The Kier molecular flexibility index (Phi) is 5.58. The Morgan fingerprint density at radius 3 is 2.62 bits per heavy atom. The SMILES string of the molecule is CCOC(=O)CC(C#N)c1ccc([N+](=O)[O-])c(-c2ccccc2)n1. The van der Waals surface area contributed by atoms with Crippen LogP contribution in [0.15, 0.2) is 42.5 Å². The van der Waals surface area contributed by atoms with Crippen molar-refractivity contribution in [2.45, 2.75) is 19.3 Å². The zero-order valence-corrected chi connectivity index (χ0v) is 13.0. The van der Waals surface area contributed by atoms with Crippen molar-refractivity contribution in [3.05, 3.63) is 58.3 Å². The molecule has 7 nitrogen and oxygen atoms in total. The molecular formula is C17H15N3O4. The highest BCUT2D eigenvalue weighted by Gasteiger charge is 2.23. The Balaban J connectivity index is 2.44. The summed E-state index contributed by atoms with van der Waals surface area (Å²) in [7, 11) is 0. The third kappa shape index (κ3) is 3.93. The quantitative estimate of drug-likeness (QED) is 0.458. The minimum atomic E-state index is -0.827. The summed E-state index contributed by atoms with van der Waals surface area (Å²) in [5, 5.41) is 20.5. The van der Waals surface area contributed by atoms with Crippen molar-refractivity contribution in [3.63, 3.8) is 0 Å². The number of nitrogens with zero attached hydrogens (tertiary/aromatic N) is 3.